The van der Waals surface area contributed by atoms with E-state index in [9.17, 15) is 9.59 Å². The lowest BCUT2D eigenvalue weighted by Crippen LogP contribution is -2.47. The summed E-state index contributed by atoms with van der Waals surface area (Å²) in [6.07, 6.45) is 2.74. The van der Waals surface area contributed by atoms with Crippen molar-refractivity contribution in [3.8, 4) is 0 Å². The van der Waals surface area contributed by atoms with E-state index in [4.69, 9.17) is 0 Å². The molecule has 0 bridgehead atoms. The summed E-state index contributed by atoms with van der Waals surface area (Å²) in [5, 5.41) is 8.24. The molecule has 1 fully saturated rings. The molecule has 2 unspecified atom stereocenters. The molecule has 6 heteroatoms. The van der Waals surface area contributed by atoms with Gasteiger partial charge in [0.2, 0.25) is 0 Å². The van der Waals surface area contributed by atoms with E-state index in [2.05, 4.69) is 15.6 Å². The Hall–Kier alpha value is -2.57. The van der Waals surface area contributed by atoms with Crippen molar-refractivity contribution in [2.75, 3.05) is 6.54 Å². The maximum atomic E-state index is 12.6. The lowest BCUT2D eigenvalue weighted by Gasteiger charge is -2.28. The second kappa shape index (κ2) is 7.35. The number of rotatable bonds is 5. The lowest BCUT2D eigenvalue weighted by molar-refractivity contribution is -0.120. The summed E-state index contributed by atoms with van der Waals surface area (Å²) < 4.78 is 0. The fraction of sp³-hybridized carbons (Fsp3) is 0.250. The molecule has 2 aliphatic heterocycles. The molecule has 0 saturated carbocycles. The fourth-order valence-corrected chi connectivity index (χ4v) is 4.03. The Balaban J connectivity index is 1.46. The van der Waals surface area contributed by atoms with Crippen LogP contribution < -0.4 is 10.6 Å². The molecule has 2 N–H and O–H groups in total. The van der Waals surface area contributed by atoms with E-state index in [1.807, 2.05) is 35.7 Å². The average molecular weight is 365 g/mol. The van der Waals surface area contributed by atoms with Crippen molar-refractivity contribution in [2.24, 2.45) is 4.99 Å². The van der Waals surface area contributed by atoms with Crippen molar-refractivity contribution < 1.29 is 9.59 Å². The topological polar surface area (TPSA) is 70.6 Å². The maximum absolute atomic E-state index is 12.6. The molecular formula is C20H19N3O2S. The number of hydrogen-bond donors (Lipinski definition) is 2. The number of benzene rings is 1. The Morgan fingerprint density at radius 3 is 2.81 bits per heavy atom. The van der Waals surface area contributed by atoms with Crippen LogP contribution in [-0.4, -0.2) is 36.5 Å². The van der Waals surface area contributed by atoms with E-state index in [1.165, 1.54) is 0 Å². The first kappa shape index (κ1) is 16.9. The first-order valence-electron chi connectivity index (χ1n) is 8.62. The summed E-state index contributed by atoms with van der Waals surface area (Å²) in [6, 6.07) is 12.8. The molecule has 0 spiro atoms. The summed E-state index contributed by atoms with van der Waals surface area (Å²) in [6.45, 7) is 0.622. The third-order valence-corrected chi connectivity index (χ3v) is 5.59. The minimum absolute atomic E-state index is 0.00635. The monoisotopic (exact) mass is 365 g/mol. The number of ketones is 1. The van der Waals surface area contributed by atoms with Gasteiger partial charge in [-0.3, -0.25) is 14.6 Å². The number of carbonyl (C=O) groups excluding carboxylic acids is 2. The van der Waals surface area contributed by atoms with Crippen LogP contribution in [-0.2, 0) is 11.2 Å². The van der Waals surface area contributed by atoms with Crippen LogP contribution in [0.4, 0.5) is 0 Å². The molecule has 26 heavy (non-hydrogen) atoms. The Kier molecular flexibility index (Phi) is 4.77. The number of piperidine rings is 1. The molecule has 2 atom stereocenters. The molecular weight excluding hydrogens is 346 g/mol. The number of amides is 1. The molecule has 2 aliphatic rings. The Bertz CT molecular complexity index is 872. The van der Waals surface area contributed by atoms with Gasteiger partial charge in [-0.25, -0.2) is 0 Å². The van der Waals surface area contributed by atoms with Gasteiger partial charge in [-0.1, -0.05) is 24.3 Å². The van der Waals surface area contributed by atoms with Crippen LogP contribution in [0.1, 0.15) is 21.7 Å². The number of nitrogens with one attached hydrogen (secondary N) is 2. The van der Waals surface area contributed by atoms with E-state index in [0.29, 0.717) is 24.9 Å². The number of hydrogen-bond acceptors (Lipinski definition) is 5. The van der Waals surface area contributed by atoms with E-state index in [1.54, 1.807) is 29.7 Å². The van der Waals surface area contributed by atoms with E-state index >= 15 is 0 Å². The van der Waals surface area contributed by atoms with Crippen LogP contribution in [0.25, 0.3) is 0 Å². The maximum Gasteiger partial charge on any atom is 0.255 e. The normalized spacial score (nSPS) is 21.5. The number of fused-ring (bicyclic) bond motifs is 1. The van der Waals surface area contributed by atoms with Gasteiger partial charge < -0.3 is 10.6 Å². The third kappa shape index (κ3) is 3.52. The summed E-state index contributed by atoms with van der Waals surface area (Å²) in [4.78, 5) is 30.6. The molecule has 0 aliphatic carbocycles. The number of aliphatic imine (C=N–C) groups is 1. The van der Waals surface area contributed by atoms with Gasteiger partial charge in [-0.2, -0.15) is 0 Å². The van der Waals surface area contributed by atoms with Gasteiger partial charge in [-0.05, 0) is 35.6 Å². The first-order valence-corrected chi connectivity index (χ1v) is 9.50. The molecule has 1 amide bonds. The summed E-state index contributed by atoms with van der Waals surface area (Å²) in [5.41, 5.74) is 2.38. The van der Waals surface area contributed by atoms with Gasteiger partial charge >= 0.3 is 0 Å². The van der Waals surface area contributed by atoms with Crippen LogP contribution in [0.15, 0.2) is 64.1 Å². The number of carbonyl (C=O) groups is 2. The molecule has 132 valence electrons. The lowest BCUT2D eigenvalue weighted by atomic mass is 9.91. The van der Waals surface area contributed by atoms with Gasteiger partial charge in [0.1, 0.15) is 0 Å². The zero-order valence-electron chi connectivity index (χ0n) is 14.1. The van der Waals surface area contributed by atoms with Crippen molar-refractivity contribution in [3.63, 3.8) is 0 Å². The van der Waals surface area contributed by atoms with Gasteiger partial charge in [0.05, 0.1) is 17.8 Å². The second-order valence-electron chi connectivity index (χ2n) is 6.44. The highest BCUT2D eigenvalue weighted by atomic mass is 32.1. The van der Waals surface area contributed by atoms with Crippen LogP contribution in [0.3, 0.4) is 0 Å². The Labute approximate surface area is 155 Å². The van der Waals surface area contributed by atoms with Gasteiger partial charge in [0.15, 0.2) is 5.78 Å². The SMILES string of the molecule is O=C(NC1=C2CC(C(=O)Cc3cccs3)NCC2N=C1)c1ccccc1. The minimum atomic E-state index is -0.228. The summed E-state index contributed by atoms with van der Waals surface area (Å²) in [5.74, 6) is 0.0271. The number of allylic oxidation sites excluding steroid dienone is 1. The molecule has 0 radical (unpaired) electrons. The number of Topliss-reactive ketones (excluding diaryl/α,β-unsaturated/α-hetero) is 1. The molecule has 1 aromatic heterocycles. The largest absolute Gasteiger partial charge is 0.321 e. The van der Waals surface area contributed by atoms with Crippen molar-refractivity contribution in [2.45, 2.75) is 24.9 Å². The fourth-order valence-electron chi connectivity index (χ4n) is 3.32. The highest BCUT2D eigenvalue weighted by molar-refractivity contribution is 7.10. The van der Waals surface area contributed by atoms with E-state index < -0.39 is 0 Å². The van der Waals surface area contributed by atoms with Crippen molar-refractivity contribution in [3.05, 3.63) is 69.6 Å². The quantitative estimate of drug-likeness (QED) is 0.855. The summed E-state index contributed by atoms with van der Waals surface area (Å²) in [7, 11) is 0. The van der Waals surface area contributed by atoms with E-state index in [0.717, 1.165) is 16.1 Å². The standard InChI is InChI=1S/C20H19N3O2S/c24-19(9-14-7-4-8-26-14)16-10-15-17(11-21-16)22-12-18(15)23-20(25)13-5-2-1-3-6-13/h1-8,12,16-17,21H,9-11H2,(H,23,25). The average Bonchev–Trinajstić information content (AvgIpc) is 3.32. The molecule has 1 aromatic carbocycles. The second-order valence-corrected chi connectivity index (χ2v) is 7.47. The van der Waals surface area contributed by atoms with Crippen molar-refractivity contribution in [1.82, 2.24) is 10.6 Å². The highest BCUT2D eigenvalue weighted by Crippen LogP contribution is 2.26. The molecule has 5 nitrogen and oxygen atoms in total. The van der Waals surface area contributed by atoms with Gasteiger partial charge in [0.25, 0.3) is 5.91 Å². The third-order valence-electron chi connectivity index (χ3n) is 4.71. The van der Waals surface area contributed by atoms with Crippen LogP contribution in [0.5, 0.6) is 0 Å². The van der Waals surface area contributed by atoms with Gasteiger partial charge in [0, 0.05) is 29.6 Å². The van der Waals surface area contributed by atoms with Gasteiger partial charge in [-0.15, -0.1) is 11.3 Å². The smallest absolute Gasteiger partial charge is 0.255 e. The minimum Gasteiger partial charge on any atom is -0.321 e. The van der Waals surface area contributed by atoms with Crippen LogP contribution in [0.2, 0.25) is 0 Å². The van der Waals surface area contributed by atoms with Crippen LogP contribution >= 0.6 is 11.3 Å². The van der Waals surface area contributed by atoms with Crippen molar-refractivity contribution in [1.29, 1.82) is 0 Å². The van der Waals surface area contributed by atoms with Crippen molar-refractivity contribution >= 4 is 29.2 Å². The Morgan fingerprint density at radius 1 is 1.19 bits per heavy atom. The Morgan fingerprint density at radius 2 is 2.04 bits per heavy atom. The highest BCUT2D eigenvalue weighted by Gasteiger charge is 2.33. The predicted octanol–water partition coefficient (Wildman–Crippen LogP) is 2.36. The van der Waals surface area contributed by atoms with Crippen LogP contribution in [0, 0.1) is 0 Å². The molecule has 4 rings (SSSR count). The molecule has 2 aromatic rings. The number of nitrogens with zero attached hydrogens (tertiary/aromatic N) is 1. The zero-order chi connectivity index (χ0) is 17.9. The molecule has 1 saturated heterocycles. The zero-order valence-corrected chi connectivity index (χ0v) is 15.0. The predicted molar refractivity (Wildman–Crippen MR) is 103 cm³/mol. The number of thiophene rings is 1. The first-order chi connectivity index (χ1) is 12.7. The van der Waals surface area contributed by atoms with E-state index in [-0.39, 0.29) is 23.8 Å². The summed E-state index contributed by atoms with van der Waals surface area (Å²) >= 11 is 1.60. The molecule has 3 heterocycles.